The number of rotatable bonds is 5. The molecule has 0 unspecified atom stereocenters. The van der Waals surface area contributed by atoms with Crippen molar-refractivity contribution in [1.82, 2.24) is 24.1 Å². The van der Waals surface area contributed by atoms with E-state index >= 15 is 0 Å². The van der Waals surface area contributed by atoms with Crippen LogP contribution in [0.5, 0.6) is 0 Å². The molecule has 11 rings (SSSR count). The van der Waals surface area contributed by atoms with Gasteiger partial charge in [-0.05, 0) is 65.4 Å². The Morgan fingerprint density at radius 1 is 0.278 bits per heavy atom. The second-order valence-corrected chi connectivity index (χ2v) is 13.7. The Morgan fingerprint density at radius 3 is 1.35 bits per heavy atom. The van der Waals surface area contributed by atoms with Crippen LogP contribution in [0.4, 0.5) is 0 Å². The van der Waals surface area contributed by atoms with Crippen LogP contribution >= 0.6 is 0 Å². The van der Waals surface area contributed by atoms with Crippen LogP contribution in [0.25, 0.3) is 99.9 Å². The Balaban J connectivity index is 1.12. The molecule has 0 saturated heterocycles. The zero-order valence-electron chi connectivity index (χ0n) is 29.1. The van der Waals surface area contributed by atoms with E-state index in [4.69, 9.17) is 15.0 Å². The fourth-order valence-electron chi connectivity index (χ4n) is 8.01. The minimum absolute atomic E-state index is 0.642. The molecular formula is C49H31N5. The van der Waals surface area contributed by atoms with Gasteiger partial charge in [0.05, 0.1) is 22.1 Å². The zero-order valence-corrected chi connectivity index (χ0v) is 29.1. The Labute approximate surface area is 311 Å². The summed E-state index contributed by atoms with van der Waals surface area (Å²) >= 11 is 0. The summed E-state index contributed by atoms with van der Waals surface area (Å²) in [5.74, 6) is 1.94. The first-order chi connectivity index (χ1) is 26.8. The van der Waals surface area contributed by atoms with Crippen LogP contribution in [0, 0.1) is 0 Å². The maximum atomic E-state index is 5.01. The molecule has 5 heteroatoms. The molecule has 54 heavy (non-hydrogen) atoms. The fourth-order valence-corrected chi connectivity index (χ4v) is 8.01. The molecule has 0 spiro atoms. The standard InChI is InChI=1S/C49H31N5/c1-4-14-33(15-5-1)47-50-48(34-16-6-2-7-17-34)52-49(51-47)35-25-24-32-26-27-38(29-36(32)28-35)54-44-23-13-11-21-40(44)42-30-41-39-20-10-12-22-43(39)53(45(41)31-46(42)54)37-18-8-3-9-19-37/h1-31H. The molecule has 0 fully saturated rings. The molecule has 0 aliphatic heterocycles. The Morgan fingerprint density at radius 2 is 0.759 bits per heavy atom. The maximum Gasteiger partial charge on any atom is 0.164 e. The lowest BCUT2D eigenvalue weighted by molar-refractivity contribution is 1.07. The molecule has 5 nitrogen and oxygen atoms in total. The van der Waals surface area contributed by atoms with Crippen LogP contribution in [0.15, 0.2) is 188 Å². The third kappa shape index (κ3) is 4.83. The van der Waals surface area contributed by atoms with Gasteiger partial charge in [-0.15, -0.1) is 0 Å². The van der Waals surface area contributed by atoms with Crippen LogP contribution in [0.2, 0.25) is 0 Å². The number of nitrogens with zero attached hydrogens (tertiary/aromatic N) is 5. The summed E-state index contributed by atoms with van der Waals surface area (Å²) in [4.78, 5) is 14.9. The lowest BCUT2D eigenvalue weighted by Gasteiger charge is -2.12. The van der Waals surface area contributed by atoms with Crippen molar-refractivity contribution in [2.24, 2.45) is 0 Å². The number of hydrogen-bond acceptors (Lipinski definition) is 3. The summed E-state index contributed by atoms with van der Waals surface area (Å²) in [5.41, 5.74) is 9.80. The Hall–Kier alpha value is -7.37. The third-order valence-electron chi connectivity index (χ3n) is 10.5. The average Bonchev–Trinajstić information content (AvgIpc) is 3.75. The smallest absolute Gasteiger partial charge is 0.164 e. The summed E-state index contributed by atoms with van der Waals surface area (Å²) in [7, 11) is 0. The second kappa shape index (κ2) is 12.1. The molecule has 11 aromatic rings. The summed E-state index contributed by atoms with van der Waals surface area (Å²) < 4.78 is 4.80. The molecule has 0 aliphatic carbocycles. The lowest BCUT2D eigenvalue weighted by Crippen LogP contribution is -2.00. The highest BCUT2D eigenvalue weighted by atomic mass is 15.0. The van der Waals surface area contributed by atoms with E-state index in [1.165, 1.54) is 38.1 Å². The van der Waals surface area contributed by atoms with E-state index in [1.807, 2.05) is 60.7 Å². The quantitative estimate of drug-likeness (QED) is 0.181. The minimum atomic E-state index is 0.642. The van der Waals surface area contributed by atoms with Crippen molar-refractivity contribution in [1.29, 1.82) is 0 Å². The van der Waals surface area contributed by atoms with Crippen LogP contribution in [-0.2, 0) is 0 Å². The summed E-state index contributed by atoms with van der Waals surface area (Å²) in [6.07, 6.45) is 0. The van der Waals surface area contributed by atoms with Gasteiger partial charge in [0, 0.05) is 49.6 Å². The first kappa shape index (κ1) is 30.3. The SMILES string of the molecule is c1ccc(-c2nc(-c3ccccc3)nc(-c3ccc4ccc(-n5c6ccccc6c6cc7c8ccccc8n(-c8ccccc8)c7cc65)cc4c3)n2)cc1. The number of benzene rings is 8. The van der Waals surface area contributed by atoms with E-state index < -0.39 is 0 Å². The summed E-state index contributed by atoms with van der Waals surface area (Å²) in [6.45, 7) is 0. The number of aromatic nitrogens is 5. The Bertz CT molecular complexity index is 3140. The largest absolute Gasteiger partial charge is 0.309 e. The molecule has 8 aromatic carbocycles. The molecular weight excluding hydrogens is 659 g/mol. The normalized spacial score (nSPS) is 11.7. The van der Waals surface area contributed by atoms with Gasteiger partial charge in [0.1, 0.15) is 0 Å². The van der Waals surface area contributed by atoms with Gasteiger partial charge in [-0.3, -0.25) is 0 Å². The van der Waals surface area contributed by atoms with Crippen molar-refractivity contribution in [2.45, 2.75) is 0 Å². The molecule has 3 aromatic heterocycles. The van der Waals surface area contributed by atoms with E-state index in [0.717, 1.165) is 44.4 Å². The van der Waals surface area contributed by atoms with Crippen molar-refractivity contribution < 1.29 is 0 Å². The molecule has 0 aliphatic rings. The maximum absolute atomic E-state index is 5.01. The predicted octanol–water partition coefficient (Wildman–Crippen LogP) is 12.2. The van der Waals surface area contributed by atoms with Crippen LogP contribution in [0.1, 0.15) is 0 Å². The number of fused-ring (bicyclic) bond motifs is 7. The van der Waals surface area contributed by atoms with Gasteiger partial charge < -0.3 is 9.13 Å². The van der Waals surface area contributed by atoms with Crippen LogP contribution in [-0.4, -0.2) is 24.1 Å². The van der Waals surface area contributed by atoms with Gasteiger partial charge in [-0.25, -0.2) is 15.0 Å². The van der Waals surface area contributed by atoms with Gasteiger partial charge in [0.15, 0.2) is 17.5 Å². The van der Waals surface area contributed by atoms with E-state index in [0.29, 0.717) is 17.5 Å². The molecule has 0 N–H and O–H groups in total. The van der Waals surface area contributed by atoms with E-state index in [2.05, 4.69) is 137 Å². The Kier molecular flexibility index (Phi) is 6.79. The molecule has 252 valence electrons. The van der Waals surface area contributed by atoms with Gasteiger partial charge in [-0.1, -0.05) is 133 Å². The average molecular weight is 690 g/mol. The van der Waals surface area contributed by atoms with Crippen molar-refractivity contribution in [2.75, 3.05) is 0 Å². The summed E-state index contributed by atoms with van der Waals surface area (Å²) in [6, 6.07) is 66.3. The first-order valence-electron chi connectivity index (χ1n) is 18.2. The minimum Gasteiger partial charge on any atom is -0.309 e. The summed E-state index contributed by atoms with van der Waals surface area (Å²) in [5, 5.41) is 7.21. The zero-order chi connectivity index (χ0) is 35.6. The molecule has 0 bridgehead atoms. The van der Waals surface area contributed by atoms with E-state index in [9.17, 15) is 0 Å². The van der Waals surface area contributed by atoms with Crippen molar-refractivity contribution in [3.05, 3.63) is 188 Å². The number of para-hydroxylation sites is 3. The molecule has 0 atom stereocenters. The topological polar surface area (TPSA) is 48.5 Å². The van der Waals surface area contributed by atoms with E-state index in [1.54, 1.807) is 0 Å². The van der Waals surface area contributed by atoms with Crippen molar-refractivity contribution in [3.63, 3.8) is 0 Å². The third-order valence-corrected chi connectivity index (χ3v) is 10.5. The van der Waals surface area contributed by atoms with Crippen molar-refractivity contribution in [3.8, 4) is 45.5 Å². The van der Waals surface area contributed by atoms with E-state index in [-0.39, 0.29) is 0 Å². The van der Waals surface area contributed by atoms with Gasteiger partial charge >= 0.3 is 0 Å². The van der Waals surface area contributed by atoms with Crippen molar-refractivity contribution >= 4 is 54.4 Å². The van der Waals surface area contributed by atoms with Gasteiger partial charge in [0.25, 0.3) is 0 Å². The second-order valence-electron chi connectivity index (χ2n) is 13.7. The monoisotopic (exact) mass is 689 g/mol. The fraction of sp³-hybridized carbons (Fsp3) is 0. The molecule has 3 heterocycles. The first-order valence-corrected chi connectivity index (χ1v) is 18.2. The van der Waals surface area contributed by atoms with Gasteiger partial charge in [0.2, 0.25) is 0 Å². The van der Waals surface area contributed by atoms with Gasteiger partial charge in [-0.2, -0.15) is 0 Å². The lowest BCUT2D eigenvalue weighted by atomic mass is 10.1. The predicted molar refractivity (Wildman–Crippen MR) is 222 cm³/mol. The van der Waals surface area contributed by atoms with Crippen LogP contribution < -0.4 is 0 Å². The highest BCUT2D eigenvalue weighted by Gasteiger charge is 2.19. The molecule has 0 saturated carbocycles. The highest BCUT2D eigenvalue weighted by molar-refractivity contribution is 6.19. The molecule has 0 radical (unpaired) electrons. The molecule has 0 amide bonds. The van der Waals surface area contributed by atoms with Crippen LogP contribution in [0.3, 0.4) is 0 Å². The number of hydrogen-bond donors (Lipinski definition) is 0. The highest BCUT2D eigenvalue weighted by Crippen LogP contribution is 2.40.